The van der Waals surface area contributed by atoms with Gasteiger partial charge >= 0.3 is 5.97 Å². The minimum atomic E-state index is -1.14. The first-order valence-electron chi connectivity index (χ1n) is 10.9. The minimum Gasteiger partial charge on any atom is -0.491 e. The third kappa shape index (κ3) is 4.45. The van der Waals surface area contributed by atoms with Crippen LogP contribution >= 0.6 is 0 Å². The van der Waals surface area contributed by atoms with Crippen molar-refractivity contribution in [1.82, 2.24) is 0 Å². The Kier molecular flexibility index (Phi) is 6.27. The van der Waals surface area contributed by atoms with Crippen molar-refractivity contribution < 1.29 is 28.7 Å². The van der Waals surface area contributed by atoms with Crippen LogP contribution in [0.3, 0.4) is 0 Å². The van der Waals surface area contributed by atoms with E-state index >= 15 is 0 Å². The predicted octanol–water partition coefficient (Wildman–Crippen LogP) is 4.43. The van der Waals surface area contributed by atoms with Crippen LogP contribution in [0.4, 0.5) is 5.69 Å². The maximum atomic E-state index is 13.1. The van der Waals surface area contributed by atoms with Gasteiger partial charge in [-0.3, -0.25) is 14.4 Å². The van der Waals surface area contributed by atoms with Crippen molar-refractivity contribution in [2.75, 3.05) is 5.32 Å². The Balaban J connectivity index is 1.49. The van der Waals surface area contributed by atoms with E-state index in [9.17, 15) is 19.2 Å². The van der Waals surface area contributed by atoms with E-state index in [1.807, 2.05) is 13.8 Å². The fourth-order valence-electron chi connectivity index (χ4n) is 3.71. The first-order valence-corrected chi connectivity index (χ1v) is 10.9. The molecule has 1 amide bonds. The van der Waals surface area contributed by atoms with Crippen molar-refractivity contribution in [1.29, 1.82) is 0 Å². The van der Waals surface area contributed by atoms with Gasteiger partial charge in [0.25, 0.3) is 5.91 Å². The van der Waals surface area contributed by atoms with Crippen molar-refractivity contribution in [3.63, 3.8) is 0 Å². The number of hydrogen-bond acceptors (Lipinski definition) is 6. The highest BCUT2D eigenvalue weighted by molar-refractivity contribution is 6.30. The summed E-state index contributed by atoms with van der Waals surface area (Å²) in [5, 5.41) is 2.63. The lowest BCUT2D eigenvalue weighted by Gasteiger charge is -2.21. The quantitative estimate of drug-likeness (QED) is 0.430. The van der Waals surface area contributed by atoms with Crippen LogP contribution in [0, 0.1) is 0 Å². The maximum absolute atomic E-state index is 13.1. The SMILES string of the molecule is CC(C)Oc1ccc(C(=O)OC(C)C(=O)Nc2cccc3c2C(=O)c2ccccc2C3=O)cc1. The summed E-state index contributed by atoms with van der Waals surface area (Å²) < 4.78 is 10.8. The number of esters is 1. The lowest BCUT2D eigenvalue weighted by Crippen LogP contribution is -2.31. The summed E-state index contributed by atoms with van der Waals surface area (Å²) >= 11 is 0. The van der Waals surface area contributed by atoms with E-state index in [-0.39, 0.29) is 45.6 Å². The first kappa shape index (κ1) is 22.9. The van der Waals surface area contributed by atoms with Gasteiger partial charge in [-0.25, -0.2) is 4.79 Å². The highest BCUT2D eigenvalue weighted by Crippen LogP contribution is 2.32. The Hall–Kier alpha value is -4.26. The second kappa shape index (κ2) is 9.31. The monoisotopic (exact) mass is 457 g/mol. The predicted molar refractivity (Wildman–Crippen MR) is 125 cm³/mol. The van der Waals surface area contributed by atoms with Crippen LogP contribution in [-0.2, 0) is 9.53 Å². The molecule has 34 heavy (non-hydrogen) atoms. The molecule has 1 unspecified atom stereocenters. The summed E-state index contributed by atoms with van der Waals surface area (Å²) in [5.41, 5.74) is 1.41. The average Bonchev–Trinajstić information content (AvgIpc) is 2.82. The summed E-state index contributed by atoms with van der Waals surface area (Å²) in [6, 6.07) is 17.7. The summed E-state index contributed by atoms with van der Waals surface area (Å²) in [6.45, 7) is 5.23. The number of carbonyl (C=O) groups excluding carboxylic acids is 4. The van der Waals surface area contributed by atoms with Crippen LogP contribution in [-0.4, -0.2) is 35.7 Å². The van der Waals surface area contributed by atoms with Crippen LogP contribution in [0.1, 0.15) is 63.0 Å². The second-order valence-corrected chi connectivity index (χ2v) is 8.16. The molecule has 7 heteroatoms. The molecule has 4 rings (SSSR count). The molecule has 0 saturated carbocycles. The molecule has 0 radical (unpaired) electrons. The van der Waals surface area contributed by atoms with Gasteiger partial charge in [-0.15, -0.1) is 0 Å². The van der Waals surface area contributed by atoms with Gasteiger partial charge in [-0.05, 0) is 51.1 Å². The van der Waals surface area contributed by atoms with E-state index in [1.54, 1.807) is 60.7 Å². The first-order chi connectivity index (χ1) is 16.3. The van der Waals surface area contributed by atoms with Gasteiger partial charge in [-0.1, -0.05) is 36.4 Å². The minimum absolute atomic E-state index is 0.000839. The fourth-order valence-corrected chi connectivity index (χ4v) is 3.71. The van der Waals surface area contributed by atoms with Gasteiger partial charge in [0.1, 0.15) is 5.75 Å². The zero-order valence-electron chi connectivity index (χ0n) is 19.0. The smallest absolute Gasteiger partial charge is 0.338 e. The normalized spacial score (nSPS) is 13.1. The van der Waals surface area contributed by atoms with Crippen molar-refractivity contribution in [2.45, 2.75) is 33.0 Å². The number of benzene rings is 3. The number of anilines is 1. The van der Waals surface area contributed by atoms with Crippen molar-refractivity contribution in [2.24, 2.45) is 0 Å². The van der Waals surface area contributed by atoms with Crippen molar-refractivity contribution in [3.8, 4) is 5.75 Å². The number of hydrogen-bond donors (Lipinski definition) is 1. The second-order valence-electron chi connectivity index (χ2n) is 8.16. The highest BCUT2D eigenvalue weighted by atomic mass is 16.5. The standard InChI is InChI=1S/C27H23NO6/c1-15(2)33-18-13-11-17(12-14-18)27(32)34-16(3)26(31)28-22-10-6-9-21-23(22)25(30)20-8-5-4-7-19(20)24(21)29/h4-16H,1-3H3,(H,28,31). The molecular weight excluding hydrogens is 434 g/mol. The number of fused-ring (bicyclic) bond motifs is 2. The molecule has 0 aliphatic heterocycles. The van der Waals surface area contributed by atoms with Crippen LogP contribution < -0.4 is 10.1 Å². The Morgan fingerprint density at radius 2 is 1.38 bits per heavy atom. The number of nitrogens with one attached hydrogen (secondary N) is 1. The molecule has 1 N–H and O–H groups in total. The average molecular weight is 457 g/mol. The molecule has 3 aromatic rings. The van der Waals surface area contributed by atoms with E-state index in [1.165, 1.54) is 13.0 Å². The van der Waals surface area contributed by atoms with E-state index < -0.39 is 18.0 Å². The van der Waals surface area contributed by atoms with Gasteiger partial charge in [0, 0.05) is 16.7 Å². The number of ketones is 2. The third-order valence-corrected chi connectivity index (χ3v) is 5.33. The fraction of sp³-hybridized carbons (Fsp3) is 0.185. The zero-order valence-corrected chi connectivity index (χ0v) is 19.0. The number of rotatable bonds is 6. The van der Waals surface area contributed by atoms with Gasteiger partial charge in [0.05, 0.1) is 22.9 Å². The topological polar surface area (TPSA) is 98.8 Å². The third-order valence-electron chi connectivity index (χ3n) is 5.33. The summed E-state index contributed by atoms with van der Waals surface area (Å²) in [6.07, 6.45) is -1.14. The van der Waals surface area contributed by atoms with Crippen LogP contribution in [0.15, 0.2) is 66.7 Å². The van der Waals surface area contributed by atoms with E-state index in [4.69, 9.17) is 9.47 Å². The zero-order chi connectivity index (χ0) is 24.4. The molecule has 172 valence electrons. The van der Waals surface area contributed by atoms with Gasteiger partial charge in [0.2, 0.25) is 0 Å². The molecule has 1 aliphatic rings. The van der Waals surface area contributed by atoms with Crippen molar-refractivity contribution in [3.05, 3.63) is 94.5 Å². The van der Waals surface area contributed by atoms with E-state index in [0.29, 0.717) is 11.3 Å². The summed E-state index contributed by atoms with van der Waals surface area (Å²) in [7, 11) is 0. The lowest BCUT2D eigenvalue weighted by atomic mass is 9.83. The summed E-state index contributed by atoms with van der Waals surface area (Å²) in [4.78, 5) is 51.2. The van der Waals surface area contributed by atoms with Gasteiger partial charge in [0.15, 0.2) is 17.7 Å². The molecule has 7 nitrogen and oxygen atoms in total. The Morgan fingerprint density at radius 1 is 0.765 bits per heavy atom. The van der Waals surface area contributed by atoms with Gasteiger partial charge in [-0.2, -0.15) is 0 Å². The number of amides is 1. The van der Waals surface area contributed by atoms with Crippen LogP contribution in [0.5, 0.6) is 5.75 Å². The molecule has 0 bridgehead atoms. The molecular formula is C27H23NO6. The largest absolute Gasteiger partial charge is 0.491 e. The molecule has 0 spiro atoms. The Morgan fingerprint density at radius 3 is 2.03 bits per heavy atom. The van der Waals surface area contributed by atoms with Crippen LogP contribution in [0.2, 0.25) is 0 Å². The van der Waals surface area contributed by atoms with E-state index in [2.05, 4.69) is 5.32 Å². The molecule has 0 saturated heterocycles. The number of ether oxygens (including phenoxy) is 2. The molecule has 0 fully saturated rings. The summed E-state index contributed by atoms with van der Waals surface area (Å²) in [5.74, 6) is -1.32. The molecule has 0 aromatic heterocycles. The Labute approximate surface area is 196 Å². The molecule has 1 atom stereocenters. The maximum Gasteiger partial charge on any atom is 0.338 e. The van der Waals surface area contributed by atoms with E-state index in [0.717, 1.165) is 0 Å². The van der Waals surface area contributed by atoms with Crippen molar-refractivity contribution >= 4 is 29.1 Å². The Bertz CT molecular complexity index is 1290. The number of carbonyl (C=O) groups is 4. The lowest BCUT2D eigenvalue weighted by molar-refractivity contribution is -0.123. The molecule has 3 aromatic carbocycles. The van der Waals surface area contributed by atoms with Gasteiger partial charge < -0.3 is 14.8 Å². The molecule has 0 heterocycles. The molecule has 1 aliphatic carbocycles. The van der Waals surface area contributed by atoms with Crippen LogP contribution in [0.25, 0.3) is 0 Å². The highest BCUT2D eigenvalue weighted by Gasteiger charge is 2.32.